The molecule has 0 spiro atoms. The van der Waals surface area contributed by atoms with Gasteiger partial charge in [0, 0.05) is 27.9 Å². The highest BCUT2D eigenvalue weighted by molar-refractivity contribution is 7.98. The second-order valence-electron chi connectivity index (χ2n) is 6.69. The summed E-state index contributed by atoms with van der Waals surface area (Å²) in [5.41, 5.74) is 6.49. The maximum absolute atomic E-state index is 13.0. The third-order valence-electron chi connectivity index (χ3n) is 4.49. The largest absolute Gasteiger partial charge is 0.366 e. The number of nitrogens with zero attached hydrogens (tertiary/aromatic N) is 3. The van der Waals surface area contributed by atoms with Gasteiger partial charge in [-0.3, -0.25) is 14.2 Å². The Kier molecular flexibility index (Phi) is 5.30. The van der Waals surface area contributed by atoms with Crippen molar-refractivity contribution in [3.05, 3.63) is 76.0 Å². The molecule has 1 heterocycles. The Morgan fingerprint density at radius 3 is 2.45 bits per heavy atom. The average Bonchev–Trinajstić information content (AvgIpc) is 3.54. The standard InChI is InChI=1S/C20H18FN5O2S/c21-13-3-9-16(10-4-13)29-11-17-19(28)26(15-7-8-15)20(25-24-17)23-14-5-1-12(2-6-14)18(22)27/h1-6,9-10,15H,7-8,11H2,(H2,22,27)(H,23,25). The van der Waals surface area contributed by atoms with Crippen LogP contribution in [0.25, 0.3) is 0 Å². The molecule has 3 aromatic rings. The third-order valence-corrected chi connectivity index (χ3v) is 5.51. The minimum absolute atomic E-state index is 0.0972. The monoisotopic (exact) mass is 411 g/mol. The number of nitrogens with two attached hydrogens (primary N) is 1. The molecule has 1 fully saturated rings. The predicted molar refractivity (Wildman–Crippen MR) is 109 cm³/mol. The van der Waals surface area contributed by atoms with Crippen LogP contribution in [0.5, 0.6) is 0 Å². The van der Waals surface area contributed by atoms with Gasteiger partial charge in [-0.2, -0.15) is 0 Å². The summed E-state index contributed by atoms with van der Waals surface area (Å²) in [6.45, 7) is 0. The molecular weight excluding hydrogens is 393 g/mol. The summed E-state index contributed by atoms with van der Waals surface area (Å²) >= 11 is 1.40. The first-order valence-corrected chi connectivity index (χ1v) is 10.0. The van der Waals surface area contributed by atoms with Gasteiger partial charge in [0.2, 0.25) is 11.9 Å². The van der Waals surface area contributed by atoms with E-state index in [1.807, 2.05) is 0 Å². The van der Waals surface area contributed by atoms with Crippen molar-refractivity contribution in [2.24, 2.45) is 5.73 Å². The van der Waals surface area contributed by atoms with Gasteiger partial charge in [0.1, 0.15) is 11.5 Å². The van der Waals surface area contributed by atoms with E-state index in [0.717, 1.165) is 17.7 Å². The quantitative estimate of drug-likeness (QED) is 0.579. The highest BCUT2D eigenvalue weighted by Gasteiger charge is 2.29. The van der Waals surface area contributed by atoms with Gasteiger partial charge in [0.25, 0.3) is 5.56 Å². The Hall–Kier alpha value is -3.20. The van der Waals surface area contributed by atoms with Crippen LogP contribution >= 0.6 is 11.8 Å². The number of anilines is 2. The Morgan fingerprint density at radius 1 is 1.14 bits per heavy atom. The normalized spacial score (nSPS) is 13.3. The van der Waals surface area contributed by atoms with Gasteiger partial charge in [-0.05, 0) is 61.4 Å². The Balaban J connectivity index is 1.55. The molecule has 9 heteroatoms. The summed E-state index contributed by atoms with van der Waals surface area (Å²) < 4.78 is 14.7. The zero-order chi connectivity index (χ0) is 20.4. The average molecular weight is 411 g/mol. The van der Waals surface area contributed by atoms with Gasteiger partial charge >= 0.3 is 0 Å². The van der Waals surface area contributed by atoms with Gasteiger partial charge < -0.3 is 11.1 Å². The number of carbonyl (C=O) groups excluding carboxylic acids is 1. The zero-order valence-electron chi connectivity index (χ0n) is 15.3. The lowest BCUT2D eigenvalue weighted by Crippen LogP contribution is -2.27. The number of nitrogens with one attached hydrogen (secondary N) is 1. The van der Waals surface area contributed by atoms with E-state index in [1.54, 1.807) is 41.0 Å². The number of thioether (sulfide) groups is 1. The number of rotatable bonds is 7. The Morgan fingerprint density at radius 2 is 1.83 bits per heavy atom. The highest BCUT2D eigenvalue weighted by Crippen LogP contribution is 2.36. The number of amides is 1. The minimum Gasteiger partial charge on any atom is -0.366 e. The minimum atomic E-state index is -0.505. The number of hydrogen-bond donors (Lipinski definition) is 2. The van der Waals surface area contributed by atoms with Gasteiger partial charge in [-0.1, -0.05) is 0 Å². The Labute approximate surface area is 170 Å². The SMILES string of the molecule is NC(=O)c1ccc(Nc2nnc(CSc3ccc(F)cc3)c(=O)n2C2CC2)cc1. The van der Waals surface area contributed by atoms with Crippen molar-refractivity contribution in [3.8, 4) is 0 Å². The van der Waals surface area contributed by atoms with E-state index in [4.69, 9.17) is 5.73 Å². The molecule has 0 bridgehead atoms. The third kappa shape index (κ3) is 4.45. The van der Waals surface area contributed by atoms with Crippen LogP contribution in [0.1, 0.15) is 34.9 Å². The fraction of sp³-hybridized carbons (Fsp3) is 0.200. The predicted octanol–water partition coefficient (Wildman–Crippen LogP) is 3.25. The van der Waals surface area contributed by atoms with Crippen molar-refractivity contribution in [2.45, 2.75) is 29.5 Å². The molecule has 1 saturated carbocycles. The van der Waals surface area contributed by atoms with Gasteiger partial charge in [0.15, 0.2) is 0 Å². The van der Waals surface area contributed by atoms with E-state index >= 15 is 0 Å². The number of halogens is 1. The van der Waals surface area contributed by atoms with Gasteiger partial charge in [-0.25, -0.2) is 4.39 Å². The molecule has 148 valence electrons. The van der Waals surface area contributed by atoms with Crippen LogP contribution in [0.15, 0.2) is 58.2 Å². The number of primary amides is 1. The summed E-state index contributed by atoms with van der Waals surface area (Å²) in [4.78, 5) is 25.0. The van der Waals surface area contributed by atoms with Crippen LogP contribution in [0.4, 0.5) is 16.0 Å². The van der Waals surface area contributed by atoms with Crippen molar-refractivity contribution in [1.82, 2.24) is 14.8 Å². The van der Waals surface area contributed by atoms with Crippen LogP contribution in [-0.4, -0.2) is 20.7 Å². The molecular formula is C20H18FN5O2S. The number of hydrogen-bond acceptors (Lipinski definition) is 6. The molecule has 29 heavy (non-hydrogen) atoms. The maximum atomic E-state index is 13.0. The van der Waals surface area contributed by atoms with Gasteiger partial charge in [-0.15, -0.1) is 22.0 Å². The summed E-state index contributed by atoms with van der Waals surface area (Å²) in [6, 6.07) is 12.8. The maximum Gasteiger partial charge on any atom is 0.278 e. The van der Waals surface area contributed by atoms with E-state index in [2.05, 4.69) is 15.5 Å². The molecule has 3 N–H and O–H groups in total. The lowest BCUT2D eigenvalue weighted by molar-refractivity contribution is 0.100. The molecule has 0 atom stereocenters. The van der Waals surface area contributed by atoms with Gasteiger partial charge in [0.05, 0.1) is 0 Å². The summed E-state index contributed by atoms with van der Waals surface area (Å²) in [6.07, 6.45) is 1.82. The van der Waals surface area contributed by atoms with E-state index in [1.165, 1.54) is 23.9 Å². The summed E-state index contributed by atoms with van der Waals surface area (Å²) in [5, 5.41) is 11.4. The van der Waals surface area contributed by atoms with Crippen molar-refractivity contribution in [3.63, 3.8) is 0 Å². The second kappa shape index (κ2) is 8.04. The second-order valence-corrected chi connectivity index (χ2v) is 7.73. The molecule has 0 saturated heterocycles. The molecule has 4 rings (SSSR count). The highest BCUT2D eigenvalue weighted by atomic mass is 32.2. The van der Waals surface area contributed by atoms with Crippen LogP contribution in [0.3, 0.4) is 0 Å². The van der Waals surface area contributed by atoms with Crippen LogP contribution in [-0.2, 0) is 5.75 Å². The molecule has 1 aliphatic rings. The summed E-state index contributed by atoms with van der Waals surface area (Å²) in [7, 11) is 0. The van der Waals surface area contributed by atoms with Crippen molar-refractivity contribution in [1.29, 1.82) is 0 Å². The molecule has 7 nitrogen and oxygen atoms in total. The van der Waals surface area contributed by atoms with Crippen molar-refractivity contribution < 1.29 is 9.18 Å². The van der Waals surface area contributed by atoms with E-state index < -0.39 is 5.91 Å². The van der Waals surface area contributed by atoms with E-state index in [0.29, 0.717) is 28.6 Å². The summed E-state index contributed by atoms with van der Waals surface area (Å²) in [5.74, 6) is -0.101. The number of aromatic nitrogens is 3. The first-order valence-electron chi connectivity index (χ1n) is 9.04. The topological polar surface area (TPSA) is 103 Å². The fourth-order valence-corrected chi connectivity index (χ4v) is 3.62. The van der Waals surface area contributed by atoms with Crippen LogP contribution in [0.2, 0.25) is 0 Å². The molecule has 0 aliphatic heterocycles. The molecule has 1 amide bonds. The molecule has 0 unspecified atom stereocenters. The zero-order valence-corrected chi connectivity index (χ0v) is 16.2. The number of carbonyl (C=O) groups is 1. The van der Waals surface area contributed by atoms with E-state index in [-0.39, 0.29) is 17.4 Å². The van der Waals surface area contributed by atoms with Crippen molar-refractivity contribution >= 4 is 29.3 Å². The molecule has 0 radical (unpaired) electrons. The Bertz CT molecular complexity index is 1100. The molecule has 1 aromatic heterocycles. The van der Waals surface area contributed by atoms with Crippen LogP contribution < -0.4 is 16.6 Å². The smallest absolute Gasteiger partial charge is 0.278 e. The number of benzene rings is 2. The van der Waals surface area contributed by atoms with E-state index in [9.17, 15) is 14.0 Å². The first kappa shape index (κ1) is 19.1. The molecule has 2 aromatic carbocycles. The lowest BCUT2D eigenvalue weighted by atomic mass is 10.2. The molecule has 1 aliphatic carbocycles. The van der Waals surface area contributed by atoms with Crippen molar-refractivity contribution in [2.75, 3.05) is 5.32 Å². The van der Waals surface area contributed by atoms with Crippen LogP contribution in [0, 0.1) is 5.82 Å². The fourth-order valence-electron chi connectivity index (χ4n) is 2.81. The first-order chi connectivity index (χ1) is 14.0. The lowest BCUT2D eigenvalue weighted by Gasteiger charge is -2.13.